The molecule has 0 spiro atoms. The highest BCUT2D eigenvalue weighted by molar-refractivity contribution is 5.68. The number of nitrogens with zero attached hydrogens (tertiary/aromatic N) is 3. The number of aryl methyl sites for hydroxylation is 2. The van der Waals surface area contributed by atoms with Crippen LogP contribution >= 0.6 is 0 Å². The van der Waals surface area contributed by atoms with Gasteiger partial charge in [-0.1, -0.05) is 0 Å². The number of ether oxygens (including phenoxy) is 1. The van der Waals surface area contributed by atoms with E-state index in [4.69, 9.17) is 4.74 Å². The minimum atomic E-state index is -0.464. The Morgan fingerprint density at radius 1 is 1.32 bits per heavy atom. The van der Waals surface area contributed by atoms with E-state index in [9.17, 15) is 4.79 Å². The van der Waals surface area contributed by atoms with E-state index in [2.05, 4.69) is 15.3 Å². The molecule has 0 bridgehead atoms. The summed E-state index contributed by atoms with van der Waals surface area (Å²) in [5.74, 6) is 0.633. The molecule has 6 nitrogen and oxygen atoms in total. The average Bonchev–Trinajstić information content (AvgIpc) is 2.35. The van der Waals surface area contributed by atoms with E-state index < -0.39 is 5.60 Å². The van der Waals surface area contributed by atoms with Crippen molar-refractivity contribution in [2.45, 2.75) is 59.1 Å². The molecule has 2 heterocycles. The van der Waals surface area contributed by atoms with Crippen molar-refractivity contribution in [2.24, 2.45) is 0 Å². The van der Waals surface area contributed by atoms with Crippen LogP contribution in [0.2, 0.25) is 0 Å². The van der Waals surface area contributed by atoms with Crippen LogP contribution in [0.5, 0.6) is 0 Å². The summed E-state index contributed by atoms with van der Waals surface area (Å²) >= 11 is 0. The monoisotopic (exact) mass is 306 g/mol. The fourth-order valence-electron chi connectivity index (χ4n) is 2.56. The molecule has 1 aliphatic rings. The lowest BCUT2D eigenvalue weighted by molar-refractivity contribution is 0.0206. The smallest absolute Gasteiger partial charge is 0.410 e. The number of carbonyl (C=O) groups excluding carboxylic acids is 1. The van der Waals surface area contributed by atoms with Crippen molar-refractivity contribution in [3.05, 3.63) is 17.5 Å². The molecule has 1 N–H and O–H groups in total. The van der Waals surface area contributed by atoms with E-state index in [0.717, 1.165) is 30.8 Å². The van der Waals surface area contributed by atoms with Gasteiger partial charge in [0.25, 0.3) is 0 Å². The zero-order chi connectivity index (χ0) is 16.3. The van der Waals surface area contributed by atoms with Gasteiger partial charge in [-0.15, -0.1) is 0 Å². The van der Waals surface area contributed by atoms with E-state index in [0.29, 0.717) is 12.5 Å². The minimum Gasteiger partial charge on any atom is -0.444 e. The molecule has 0 aromatic carbocycles. The third-order valence-electron chi connectivity index (χ3n) is 3.39. The van der Waals surface area contributed by atoms with Crippen molar-refractivity contribution in [2.75, 3.05) is 18.4 Å². The number of amides is 1. The predicted molar refractivity (Wildman–Crippen MR) is 86.0 cm³/mol. The lowest BCUT2D eigenvalue weighted by Crippen LogP contribution is -2.47. The first kappa shape index (κ1) is 16.5. The van der Waals surface area contributed by atoms with Crippen molar-refractivity contribution in [3.8, 4) is 0 Å². The van der Waals surface area contributed by atoms with Gasteiger partial charge in [-0.2, -0.15) is 0 Å². The lowest BCUT2D eigenvalue weighted by atomic mass is 10.1. The largest absolute Gasteiger partial charge is 0.444 e. The SMILES string of the molecule is Cc1cc(C)nc(N[C@@H]2CCCN(C(=O)OC(C)(C)C)C2)n1. The average molecular weight is 306 g/mol. The summed E-state index contributed by atoms with van der Waals surface area (Å²) in [6.07, 6.45) is 1.69. The molecule has 1 amide bonds. The first-order valence-electron chi connectivity index (χ1n) is 7.80. The lowest BCUT2D eigenvalue weighted by Gasteiger charge is -2.34. The second-order valence-electron chi connectivity index (χ2n) is 6.88. The summed E-state index contributed by atoms with van der Waals surface area (Å²) < 4.78 is 5.44. The highest BCUT2D eigenvalue weighted by Gasteiger charge is 2.27. The third-order valence-corrected chi connectivity index (χ3v) is 3.39. The standard InChI is InChI=1S/C16H26N4O2/c1-11-9-12(2)18-14(17-11)19-13-7-6-8-20(10-13)15(21)22-16(3,4)5/h9,13H,6-8,10H2,1-5H3,(H,17,18,19)/t13-/m1/s1. The van der Waals surface area contributed by atoms with Crippen molar-refractivity contribution in [1.82, 2.24) is 14.9 Å². The van der Waals surface area contributed by atoms with E-state index in [-0.39, 0.29) is 12.1 Å². The van der Waals surface area contributed by atoms with Crippen LogP contribution in [-0.4, -0.2) is 45.7 Å². The van der Waals surface area contributed by atoms with Crippen LogP contribution in [0.15, 0.2) is 6.07 Å². The van der Waals surface area contributed by atoms with Gasteiger partial charge in [0.1, 0.15) is 5.60 Å². The van der Waals surface area contributed by atoms with Crippen molar-refractivity contribution in [1.29, 1.82) is 0 Å². The topological polar surface area (TPSA) is 67.4 Å². The Morgan fingerprint density at radius 2 is 1.95 bits per heavy atom. The molecule has 0 saturated carbocycles. The van der Waals surface area contributed by atoms with Crippen LogP contribution in [0.1, 0.15) is 45.0 Å². The Bertz CT molecular complexity index is 519. The molecule has 0 radical (unpaired) electrons. The third kappa shape index (κ3) is 4.86. The van der Waals surface area contributed by atoms with Crippen molar-refractivity contribution >= 4 is 12.0 Å². The Labute approximate surface area is 132 Å². The molecule has 1 aromatic rings. The number of nitrogens with one attached hydrogen (secondary N) is 1. The maximum atomic E-state index is 12.2. The van der Waals surface area contributed by atoms with Crippen LogP contribution < -0.4 is 5.32 Å². The molecule has 1 atom stereocenters. The Balaban J connectivity index is 1.97. The van der Waals surface area contributed by atoms with Gasteiger partial charge in [-0.25, -0.2) is 14.8 Å². The van der Waals surface area contributed by atoms with Gasteiger partial charge in [0, 0.05) is 30.5 Å². The van der Waals surface area contributed by atoms with E-state index in [1.165, 1.54) is 0 Å². The normalized spacial score (nSPS) is 19.0. The van der Waals surface area contributed by atoms with Crippen molar-refractivity contribution in [3.63, 3.8) is 0 Å². The number of anilines is 1. The van der Waals surface area contributed by atoms with E-state index >= 15 is 0 Å². The summed E-state index contributed by atoms with van der Waals surface area (Å²) in [4.78, 5) is 22.7. The predicted octanol–water partition coefficient (Wildman–Crippen LogP) is 2.90. The minimum absolute atomic E-state index is 0.155. The highest BCUT2D eigenvalue weighted by atomic mass is 16.6. The number of rotatable bonds is 2. The second kappa shape index (κ2) is 6.50. The fourth-order valence-corrected chi connectivity index (χ4v) is 2.56. The molecule has 22 heavy (non-hydrogen) atoms. The number of aromatic nitrogens is 2. The molecular weight excluding hydrogens is 280 g/mol. The maximum Gasteiger partial charge on any atom is 0.410 e. The quantitative estimate of drug-likeness (QED) is 0.910. The van der Waals surface area contributed by atoms with Crippen LogP contribution in [0.4, 0.5) is 10.7 Å². The molecular formula is C16H26N4O2. The number of likely N-dealkylation sites (tertiary alicyclic amines) is 1. The highest BCUT2D eigenvalue weighted by Crippen LogP contribution is 2.17. The van der Waals surface area contributed by atoms with E-state index in [1.54, 1.807) is 4.90 Å². The number of hydrogen-bond donors (Lipinski definition) is 1. The molecule has 2 rings (SSSR count). The van der Waals surface area contributed by atoms with Gasteiger partial charge in [-0.05, 0) is 53.5 Å². The number of hydrogen-bond acceptors (Lipinski definition) is 5. The number of carbonyl (C=O) groups is 1. The molecule has 122 valence electrons. The zero-order valence-electron chi connectivity index (χ0n) is 14.1. The molecule has 6 heteroatoms. The van der Waals surface area contributed by atoms with Crippen LogP contribution in [0.3, 0.4) is 0 Å². The maximum absolute atomic E-state index is 12.2. The summed E-state index contributed by atoms with van der Waals surface area (Å²) in [5.41, 5.74) is 1.42. The van der Waals surface area contributed by atoms with E-state index in [1.807, 2.05) is 40.7 Å². The first-order valence-corrected chi connectivity index (χ1v) is 7.80. The summed E-state index contributed by atoms with van der Waals surface area (Å²) in [7, 11) is 0. The molecule has 1 aliphatic heterocycles. The van der Waals surface area contributed by atoms with Gasteiger partial charge < -0.3 is 15.0 Å². The van der Waals surface area contributed by atoms with Crippen LogP contribution in [0, 0.1) is 13.8 Å². The first-order chi connectivity index (χ1) is 10.2. The second-order valence-corrected chi connectivity index (χ2v) is 6.88. The van der Waals surface area contributed by atoms with Gasteiger partial charge >= 0.3 is 6.09 Å². The summed E-state index contributed by atoms with van der Waals surface area (Å²) in [5, 5.41) is 3.34. The van der Waals surface area contributed by atoms with Crippen LogP contribution in [0.25, 0.3) is 0 Å². The molecule has 1 saturated heterocycles. The zero-order valence-corrected chi connectivity index (χ0v) is 14.1. The van der Waals surface area contributed by atoms with Crippen LogP contribution in [-0.2, 0) is 4.74 Å². The molecule has 0 unspecified atom stereocenters. The van der Waals surface area contributed by atoms with Gasteiger partial charge in [0.2, 0.25) is 5.95 Å². The molecule has 1 aromatic heterocycles. The Kier molecular flexibility index (Phi) is 4.88. The van der Waals surface area contributed by atoms with Gasteiger partial charge in [0.15, 0.2) is 0 Å². The summed E-state index contributed by atoms with van der Waals surface area (Å²) in [6, 6.07) is 2.10. The Morgan fingerprint density at radius 3 is 2.55 bits per heavy atom. The van der Waals surface area contributed by atoms with Crippen molar-refractivity contribution < 1.29 is 9.53 Å². The molecule has 0 aliphatic carbocycles. The number of piperidine rings is 1. The van der Waals surface area contributed by atoms with Gasteiger partial charge in [-0.3, -0.25) is 0 Å². The van der Waals surface area contributed by atoms with Gasteiger partial charge in [0.05, 0.1) is 0 Å². The molecule has 1 fully saturated rings. The fraction of sp³-hybridized carbons (Fsp3) is 0.688. The Hall–Kier alpha value is -1.85. The summed E-state index contributed by atoms with van der Waals surface area (Å²) in [6.45, 7) is 10.9.